The van der Waals surface area contributed by atoms with Gasteiger partial charge in [0, 0.05) is 5.39 Å². The van der Waals surface area contributed by atoms with Crippen molar-refractivity contribution >= 4 is 10.8 Å². The zero-order chi connectivity index (χ0) is 14.2. The first-order chi connectivity index (χ1) is 9.06. The lowest BCUT2D eigenvalue weighted by Crippen LogP contribution is -2.00. The maximum atomic E-state index is 14.0. The summed E-state index contributed by atoms with van der Waals surface area (Å²) in [5, 5.41) is 25.6. The first-order valence-corrected chi connectivity index (χ1v) is 4.90. The van der Waals surface area contributed by atoms with Gasteiger partial charge in [-0.05, 0) is 12.1 Å². The predicted molar refractivity (Wildman–Crippen MR) is 58.0 cm³/mol. The normalized spacial score (nSPS) is 9.68. The molecular weight excluding hydrogens is 255 g/mol. The van der Waals surface area contributed by atoms with Crippen LogP contribution in [0.3, 0.4) is 0 Å². The van der Waals surface area contributed by atoms with Gasteiger partial charge < -0.3 is 0 Å². The summed E-state index contributed by atoms with van der Waals surface area (Å²) in [5.74, 6) is -4.14. The molecule has 0 spiro atoms. The third-order valence-electron chi connectivity index (χ3n) is 2.64. The summed E-state index contributed by atoms with van der Waals surface area (Å²) in [6.45, 7) is 0. The Morgan fingerprint density at radius 3 is 1.84 bits per heavy atom. The van der Waals surface area contributed by atoms with Crippen molar-refractivity contribution in [2.45, 2.75) is 0 Å². The zero-order valence-corrected chi connectivity index (χ0v) is 9.13. The summed E-state index contributed by atoms with van der Waals surface area (Å²) in [7, 11) is 0. The summed E-state index contributed by atoms with van der Waals surface area (Å²) >= 11 is 0. The van der Waals surface area contributed by atoms with E-state index < -0.39 is 34.0 Å². The Balaban J connectivity index is 3.22. The van der Waals surface area contributed by atoms with E-state index in [4.69, 9.17) is 15.8 Å². The van der Waals surface area contributed by atoms with Crippen LogP contribution in [0.25, 0.3) is 10.8 Å². The zero-order valence-electron chi connectivity index (χ0n) is 9.13. The molecule has 6 heteroatoms. The molecule has 0 saturated heterocycles. The Hall–Kier alpha value is -3.04. The molecule has 3 nitrogen and oxygen atoms in total. The third-order valence-corrected chi connectivity index (χ3v) is 2.64. The largest absolute Gasteiger partial charge is 0.205 e. The molecule has 0 heterocycles. The van der Waals surface area contributed by atoms with Crippen LogP contribution in [0.5, 0.6) is 0 Å². The van der Waals surface area contributed by atoms with Gasteiger partial charge in [-0.3, -0.25) is 0 Å². The van der Waals surface area contributed by atoms with E-state index >= 15 is 0 Å². The van der Waals surface area contributed by atoms with Crippen LogP contribution in [0, 0.1) is 51.4 Å². The molecule has 0 aromatic heterocycles. The molecule has 0 unspecified atom stereocenters. The molecule has 0 radical (unpaired) electrons. The molecule has 0 bridgehead atoms. The fourth-order valence-corrected chi connectivity index (χ4v) is 1.80. The molecule has 0 aliphatic heterocycles. The maximum Gasteiger partial charge on any atom is 0.169 e. The minimum absolute atomic E-state index is 0.241. The van der Waals surface area contributed by atoms with Crippen LogP contribution in [-0.4, -0.2) is 0 Å². The summed E-state index contributed by atoms with van der Waals surface area (Å²) in [4.78, 5) is 0. The van der Waals surface area contributed by atoms with E-state index in [1.165, 1.54) is 12.1 Å². The first kappa shape index (κ1) is 12.4. The molecule has 2 aromatic carbocycles. The highest BCUT2D eigenvalue weighted by molar-refractivity contribution is 5.93. The topological polar surface area (TPSA) is 71.4 Å². The molecule has 0 N–H and O–H groups in total. The fourth-order valence-electron chi connectivity index (χ4n) is 1.80. The molecule has 2 rings (SSSR count). The summed E-state index contributed by atoms with van der Waals surface area (Å²) in [5.41, 5.74) is -1.61. The second-order valence-corrected chi connectivity index (χ2v) is 3.56. The fraction of sp³-hybridized carbons (Fsp3) is 0. The van der Waals surface area contributed by atoms with E-state index in [0.717, 1.165) is 12.1 Å². The minimum Gasteiger partial charge on any atom is -0.205 e. The van der Waals surface area contributed by atoms with Crippen molar-refractivity contribution in [1.82, 2.24) is 0 Å². The molecule has 0 fully saturated rings. The Morgan fingerprint density at radius 1 is 0.737 bits per heavy atom. The van der Waals surface area contributed by atoms with Crippen LogP contribution >= 0.6 is 0 Å². The Labute approximate surface area is 105 Å². The van der Waals surface area contributed by atoms with Crippen molar-refractivity contribution in [1.29, 1.82) is 15.8 Å². The average molecular weight is 257 g/mol. The van der Waals surface area contributed by atoms with Gasteiger partial charge in [-0.1, -0.05) is 0 Å². The van der Waals surface area contributed by atoms with Gasteiger partial charge in [0.25, 0.3) is 0 Å². The highest BCUT2D eigenvalue weighted by Crippen LogP contribution is 2.31. The lowest BCUT2D eigenvalue weighted by atomic mass is 9.94. The van der Waals surface area contributed by atoms with Crippen molar-refractivity contribution < 1.29 is 13.2 Å². The van der Waals surface area contributed by atoms with Crippen LogP contribution in [0.1, 0.15) is 16.7 Å². The summed E-state index contributed by atoms with van der Waals surface area (Å²) < 4.78 is 40.7. The maximum absolute atomic E-state index is 14.0. The molecule has 0 aliphatic rings. The van der Waals surface area contributed by atoms with E-state index in [9.17, 15) is 13.2 Å². The van der Waals surface area contributed by atoms with E-state index in [2.05, 4.69) is 0 Å². The SMILES string of the molecule is N#Cc1c(C#N)c(F)c2c(F)c(F)ccc2c1C#N. The summed E-state index contributed by atoms with van der Waals surface area (Å²) in [6, 6.07) is 6.26. The van der Waals surface area contributed by atoms with Gasteiger partial charge in [0.15, 0.2) is 17.5 Å². The second kappa shape index (κ2) is 4.33. The van der Waals surface area contributed by atoms with Crippen LogP contribution in [0.15, 0.2) is 12.1 Å². The molecule has 90 valence electrons. The Bertz CT molecular complexity index is 836. The lowest BCUT2D eigenvalue weighted by molar-refractivity contribution is 0.511. The lowest BCUT2D eigenvalue weighted by Gasteiger charge is -2.07. The van der Waals surface area contributed by atoms with Gasteiger partial charge in [-0.15, -0.1) is 0 Å². The smallest absolute Gasteiger partial charge is 0.169 e. The molecule has 0 saturated carbocycles. The predicted octanol–water partition coefficient (Wildman–Crippen LogP) is 2.87. The van der Waals surface area contributed by atoms with Gasteiger partial charge >= 0.3 is 0 Å². The van der Waals surface area contributed by atoms with Crippen molar-refractivity contribution in [3.05, 3.63) is 46.3 Å². The monoisotopic (exact) mass is 257 g/mol. The van der Waals surface area contributed by atoms with Gasteiger partial charge in [-0.2, -0.15) is 15.8 Å². The van der Waals surface area contributed by atoms with Crippen LogP contribution in [0.2, 0.25) is 0 Å². The molecule has 0 atom stereocenters. The van der Waals surface area contributed by atoms with Crippen molar-refractivity contribution in [2.24, 2.45) is 0 Å². The Kier molecular flexibility index (Phi) is 2.83. The quantitative estimate of drug-likeness (QED) is 0.728. The number of nitriles is 3. The van der Waals surface area contributed by atoms with Crippen LogP contribution < -0.4 is 0 Å². The molecule has 19 heavy (non-hydrogen) atoms. The number of hydrogen-bond donors (Lipinski definition) is 0. The van der Waals surface area contributed by atoms with E-state index in [1.807, 2.05) is 0 Å². The standard InChI is InChI=1S/C13H2F3N3/c14-10-2-1-6-7(3-17)8(4-18)9(5-19)12(15)11(6)13(10)16/h1-2H. The number of nitrogens with zero attached hydrogens (tertiary/aromatic N) is 3. The number of hydrogen-bond acceptors (Lipinski definition) is 3. The van der Waals surface area contributed by atoms with E-state index in [1.54, 1.807) is 6.07 Å². The van der Waals surface area contributed by atoms with Crippen molar-refractivity contribution in [2.75, 3.05) is 0 Å². The summed E-state index contributed by atoms with van der Waals surface area (Å²) in [6.07, 6.45) is 0. The number of fused-ring (bicyclic) bond motifs is 1. The van der Waals surface area contributed by atoms with E-state index in [-0.39, 0.29) is 10.9 Å². The van der Waals surface area contributed by atoms with Crippen molar-refractivity contribution in [3.8, 4) is 18.2 Å². The van der Waals surface area contributed by atoms with Crippen molar-refractivity contribution in [3.63, 3.8) is 0 Å². The number of halogens is 3. The number of rotatable bonds is 0. The molecule has 0 amide bonds. The first-order valence-electron chi connectivity index (χ1n) is 4.90. The average Bonchev–Trinajstić information content (AvgIpc) is 2.41. The highest BCUT2D eigenvalue weighted by atomic mass is 19.2. The van der Waals surface area contributed by atoms with Crippen LogP contribution in [0.4, 0.5) is 13.2 Å². The van der Waals surface area contributed by atoms with Gasteiger partial charge in [0.2, 0.25) is 0 Å². The molecule has 0 aliphatic carbocycles. The highest BCUT2D eigenvalue weighted by Gasteiger charge is 2.23. The molecule has 2 aromatic rings. The van der Waals surface area contributed by atoms with E-state index in [0.29, 0.717) is 0 Å². The van der Waals surface area contributed by atoms with Crippen LogP contribution in [-0.2, 0) is 0 Å². The number of benzene rings is 2. The van der Waals surface area contributed by atoms with Gasteiger partial charge in [0.1, 0.15) is 23.8 Å². The second-order valence-electron chi connectivity index (χ2n) is 3.56. The Morgan fingerprint density at radius 2 is 1.32 bits per heavy atom. The molecular formula is C13H2F3N3. The van der Waals surface area contributed by atoms with Gasteiger partial charge in [-0.25, -0.2) is 13.2 Å². The minimum atomic E-state index is -1.49. The van der Waals surface area contributed by atoms with Gasteiger partial charge in [0.05, 0.1) is 16.5 Å². The third kappa shape index (κ3) is 1.57.